The summed E-state index contributed by atoms with van der Waals surface area (Å²) >= 11 is 1.29. The van der Waals surface area contributed by atoms with Crippen molar-refractivity contribution in [2.45, 2.75) is 0 Å². The standard InChI is InChI=1S/C13H17N3O2S/c1-18-13(14)19-16-9-7-15(8-10-16)12(17)11-5-3-2-4-6-11/h2-6,14H,7-10H2,1H3. The average molecular weight is 279 g/mol. The number of hydrogen-bond acceptors (Lipinski definition) is 5. The Morgan fingerprint density at radius 2 is 1.84 bits per heavy atom. The monoisotopic (exact) mass is 279 g/mol. The van der Waals surface area contributed by atoms with Gasteiger partial charge in [0.1, 0.15) is 0 Å². The molecule has 6 heteroatoms. The molecule has 1 aliphatic heterocycles. The number of piperazine rings is 1. The van der Waals surface area contributed by atoms with Gasteiger partial charge in [-0.05, 0) is 12.1 Å². The van der Waals surface area contributed by atoms with Crippen molar-refractivity contribution < 1.29 is 9.53 Å². The maximum Gasteiger partial charge on any atom is 0.258 e. The Bertz CT molecular complexity index is 444. The Balaban J connectivity index is 1.86. The van der Waals surface area contributed by atoms with E-state index < -0.39 is 0 Å². The van der Waals surface area contributed by atoms with Gasteiger partial charge >= 0.3 is 0 Å². The van der Waals surface area contributed by atoms with Crippen LogP contribution in [0, 0.1) is 5.41 Å². The van der Waals surface area contributed by atoms with Crippen LogP contribution in [-0.2, 0) is 4.74 Å². The number of methoxy groups -OCH3 is 1. The number of hydrogen-bond donors (Lipinski definition) is 1. The van der Waals surface area contributed by atoms with Crippen molar-refractivity contribution in [1.29, 1.82) is 5.41 Å². The van der Waals surface area contributed by atoms with Crippen LogP contribution in [0.3, 0.4) is 0 Å². The molecule has 1 saturated heterocycles. The minimum Gasteiger partial charge on any atom is -0.476 e. The first kappa shape index (κ1) is 13.9. The van der Waals surface area contributed by atoms with Crippen LogP contribution in [0.15, 0.2) is 30.3 Å². The summed E-state index contributed by atoms with van der Waals surface area (Å²) in [6, 6.07) is 9.33. The van der Waals surface area contributed by atoms with Crippen LogP contribution in [0.1, 0.15) is 10.4 Å². The summed E-state index contributed by atoms with van der Waals surface area (Å²) in [6.07, 6.45) is 0. The lowest BCUT2D eigenvalue weighted by molar-refractivity contribution is 0.0704. The van der Waals surface area contributed by atoms with Gasteiger partial charge in [0, 0.05) is 43.7 Å². The number of rotatable bonds is 2. The summed E-state index contributed by atoms with van der Waals surface area (Å²) in [5, 5.41) is 7.64. The largest absolute Gasteiger partial charge is 0.476 e. The van der Waals surface area contributed by atoms with Crippen molar-refractivity contribution in [3.05, 3.63) is 35.9 Å². The Morgan fingerprint density at radius 3 is 2.42 bits per heavy atom. The summed E-state index contributed by atoms with van der Waals surface area (Å²) in [7, 11) is 1.49. The number of nitrogens with one attached hydrogen (secondary N) is 1. The van der Waals surface area contributed by atoms with E-state index in [1.807, 2.05) is 39.5 Å². The van der Waals surface area contributed by atoms with Gasteiger partial charge in [-0.1, -0.05) is 18.2 Å². The molecule has 0 radical (unpaired) electrons. The van der Waals surface area contributed by atoms with E-state index in [0.717, 1.165) is 18.7 Å². The maximum atomic E-state index is 12.2. The molecule has 1 fully saturated rings. The third-order valence-corrected chi connectivity index (χ3v) is 3.90. The molecule has 1 amide bonds. The number of ether oxygens (including phenoxy) is 1. The molecule has 0 atom stereocenters. The zero-order chi connectivity index (χ0) is 13.7. The summed E-state index contributed by atoms with van der Waals surface area (Å²) in [5.74, 6) is 0.0760. The number of nitrogens with zero attached hydrogens (tertiary/aromatic N) is 2. The highest BCUT2D eigenvalue weighted by Crippen LogP contribution is 2.16. The van der Waals surface area contributed by atoms with Gasteiger partial charge in [0.05, 0.1) is 7.11 Å². The SMILES string of the molecule is COC(=N)SN1CCN(C(=O)c2ccccc2)CC1. The van der Waals surface area contributed by atoms with Crippen LogP contribution in [0.5, 0.6) is 0 Å². The van der Waals surface area contributed by atoms with Gasteiger partial charge in [0.2, 0.25) is 0 Å². The first-order valence-corrected chi connectivity index (χ1v) is 6.88. The fourth-order valence-electron chi connectivity index (χ4n) is 1.90. The molecule has 0 bridgehead atoms. The minimum atomic E-state index is 0.0760. The Morgan fingerprint density at radius 1 is 1.21 bits per heavy atom. The molecule has 0 aromatic heterocycles. The van der Waals surface area contributed by atoms with Crippen molar-refractivity contribution >= 4 is 23.1 Å². The lowest BCUT2D eigenvalue weighted by Crippen LogP contribution is -2.46. The van der Waals surface area contributed by atoms with Crippen molar-refractivity contribution in [2.75, 3.05) is 33.3 Å². The van der Waals surface area contributed by atoms with Crippen molar-refractivity contribution in [3.63, 3.8) is 0 Å². The van der Waals surface area contributed by atoms with Crippen molar-refractivity contribution in [2.24, 2.45) is 0 Å². The molecule has 2 rings (SSSR count). The summed E-state index contributed by atoms with van der Waals surface area (Å²) < 4.78 is 6.86. The van der Waals surface area contributed by atoms with E-state index in [0.29, 0.717) is 13.1 Å². The molecule has 0 unspecified atom stereocenters. The molecule has 0 spiro atoms. The fourth-order valence-corrected chi connectivity index (χ4v) is 2.56. The van der Waals surface area contributed by atoms with Crippen LogP contribution in [0.25, 0.3) is 0 Å². The molecule has 19 heavy (non-hydrogen) atoms. The van der Waals surface area contributed by atoms with Gasteiger partial charge in [0.15, 0.2) is 0 Å². The first-order chi connectivity index (χ1) is 9.20. The normalized spacial score (nSPS) is 16.2. The van der Waals surface area contributed by atoms with Crippen LogP contribution < -0.4 is 0 Å². The molecule has 0 aliphatic carbocycles. The van der Waals surface area contributed by atoms with Crippen LogP contribution >= 0.6 is 11.9 Å². The van der Waals surface area contributed by atoms with Gasteiger partial charge in [-0.2, -0.15) is 0 Å². The molecule has 1 heterocycles. The highest BCUT2D eigenvalue weighted by molar-refractivity contribution is 8.11. The predicted octanol–water partition coefficient (Wildman–Crippen LogP) is 1.67. The fraction of sp³-hybridized carbons (Fsp3) is 0.385. The van der Waals surface area contributed by atoms with Gasteiger partial charge in [-0.15, -0.1) is 0 Å². The van der Waals surface area contributed by atoms with Gasteiger partial charge in [-0.3, -0.25) is 10.2 Å². The lowest BCUT2D eigenvalue weighted by Gasteiger charge is -2.33. The van der Waals surface area contributed by atoms with Gasteiger partial charge < -0.3 is 9.64 Å². The molecular formula is C13H17N3O2S. The second-order valence-corrected chi connectivity index (χ2v) is 5.24. The highest BCUT2D eigenvalue weighted by atomic mass is 32.2. The molecule has 0 saturated carbocycles. The Hall–Kier alpha value is -1.53. The summed E-state index contributed by atoms with van der Waals surface area (Å²) in [5.41, 5.74) is 0.730. The van der Waals surface area contributed by atoms with E-state index >= 15 is 0 Å². The van der Waals surface area contributed by atoms with E-state index in [-0.39, 0.29) is 11.1 Å². The third kappa shape index (κ3) is 3.71. The van der Waals surface area contributed by atoms with Gasteiger partial charge in [0.25, 0.3) is 11.1 Å². The molecule has 1 aliphatic rings. The number of benzene rings is 1. The van der Waals surface area contributed by atoms with E-state index in [1.54, 1.807) is 0 Å². The second-order valence-electron chi connectivity index (χ2n) is 4.17. The Kier molecular flexibility index (Phi) is 4.81. The van der Waals surface area contributed by atoms with E-state index in [1.165, 1.54) is 19.1 Å². The van der Waals surface area contributed by atoms with Crippen LogP contribution in [0.2, 0.25) is 0 Å². The lowest BCUT2D eigenvalue weighted by atomic mass is 10.2. The van der Waals surface area contributed by atoms with E-state index in [4.69, 9.17) is 10.1 Å². The molecule has 1 aromatic rings. The quantitative estimate of drug-likeness (QED) is 0.508. The minimum absolute atomic E-state index is 0.0760. The van der Waals surface area contributed by atoms with E-state index in [9.17, 15) is 4.79 Å². The zero-order valence-corrected chi connectivity index (χ0v) is 11.7. The first-order valence-electron chi connectivity index (χ1n) is 6.10. The maximum absolute atomic E-state index is 12.2. The van der Waals surface area contributed by atoms with E-state index in [2.05, 4.69) is 0 Å². The van der Waals surface area contributed by atoms with Crippen molar-refractivity contribution in [3.8, 4) is 0 Å². The zero-order valence-electron chi connectivity index (χ0n) is 10.8. The molecule has 5 nitrogen and oxygen atoms in total. The summed E-state index contributed by atoms with van der Waals surface area (Å²) in [4.78, 5) is 14.1. The number of amides is 1. The molecule has 102 valence electrons. The number of carbonyl (C=O) groups is 1. The predicted molar refractivity (Wildman–Crippen MR) is 76.2 cm³/mol. The average Bonchev–Trinajstić information content (AvgIpc) is 2.48. The summed E-state index contributed by atoms with van der Waals surface area (Å²) in [6.45, 7) is 2.85. The van der Waals surface area contributed by atoms with Crippen LogP contribution in [0.4, 0.5) is 0 Å². The number of carbonyl (C=O) groups excluding carboxylic acids is 1. The topological polar surface area (TPSA) is 56.6 Å². The highest BCUT2D eigenvalue weighted by Gasteiger charge is 2.23. The smallest absolute Gasteiger partial charge is 0.258 e. The third-order valence-electron chi connectivity index (χ3n) is 2.94. The van der Waals surface area contributed by atoms with Crippen molar-refractivity contribution in [1.82, 2.24) is 9.21 Å². The second kappa shape index (κ2) is 6.58. The van der Waals surface area contributed by atoms with Gasteiger partial charge in [-0.25, -0.2) is 4.31 Å². The van der Waals surface area contributed by atoms with Crippen LogP contribution in [-0.4, -0.2) is 53.6 Å². The molecule has 1 aromatic carbocycles. The Labute approximate surface area is 117 Å². The molecular weight excluding hydrogens is 262 g/mol. The molecule has 1 N–H and O–H groups in total.